The van der Waals surface area contributed by atoms with Crippen LogP contribution < -0.4 is 10.2 Å². The van der Waals surface area contributed by atoms with Gasteiger partial charge in [-0.05, 0) is 19.9 Å². The van der Waals surface area contributed by atoms with Crippen molar-refractivity contribution in [2.75, 3.05) is 38.1 Å². The molecule has 1 saturated carbocycles. The van der Waals surface area contributed by atoms with Crippen molar-refractivity contribution in [2.24, 2.45) is 0 Å². The molecule has 0 radical (unpaired) electrons. The van der Waals surface area contributed by atoms with Gasteiger partial charge in [0.05, 0.1) is 12.4 Å². The minimum atomic E-state index is -0.0932. The molecule has 0 unspecified atom stereocenters. The van der Waals surface area contributed by atoms with Crippen LogP contribution in [0.5, 0.6) is 0 Å². The Morgan fingerprint density at radius 3 is 2.45 bits per heavy atom. The summed E-state index contributed by atoms with van der Waals surface area (Å²) in [5, 5.41) is 3.08. The molecule has 1 amide bonds. The Morgan fingerprint density at radius 1 is 1.09 bits per heavy atom. The van der Waals surface area contributed by atoms with Gasteiger partial charge in [0.15, 0.2) is 0 Å². The number of likely N-dealkylation sites (N-methyl/N-ethyl adjacent to an activating group) is 1. The maximum atomic E-state index is 12.2. The fourth-order valence-corrected chi connectivity index (χ4v) is 3.14. The zero-order valence-corrected chi connectivity index (χ0v) is 13.3. The standard InChI is InChI=1S/C16H25N5O/c1-20-7-9-21(10-8-20)15-12-17-14(11-18-15)16(22)19-13-5-3-2-4-6-13/h11-13H,2-10H2,1H3,(H,19,22). The second kappa shape index (κ2) is 7.05. The Kier molecular flexibility index (Phi) is 4.87. The van der Waals surface area contributed by atoms with Crippen LogP contribution in [0.2, 0.25) is 0 Å². The van der Waals surface area contributed by atoms with Gasteiger partial charge in [-0.1, -0.05) is 19.3 Å². The zero-order chi connectivity index (χ0) is 15.4. The number of nitrogens with zero attached hydrogens (tertiary/aromatic N) is 4. The van der Waals surface area contributed by atoms with E-state index in [1.165, 1.54) is 19.3 Å². The highest BCUT2D eigenvalue weighted by Crippen LogP contribution is 2.18. The molecular formula is C16H25N5O. The Hall–Kier alpha value is -1.69. The summed E-state index contributed by atoms with van der Waals surface area (Å²) in [4.78, 5) is 25.5. The van der Waals surface area contributed by atoms with Crippen molar-refractivity contribution >= 4 is 11.7 Å². The molecule has 22 heavy (non-hydrogen) atoms. The van der Waals surface area contributed by atoms with Crippen LogP contribution in [0.1, 0.15) is 42.6 Å². The predicted octanol–water partition coefficient (Wildman–Crippen LogP) is 1.29. The molecule has 2 aliphatic rings. The van der Waals surface area contributed by atoms with E-state index in [4.69, 9.17) is 0 Å². The van der Waals surface area contributed by atoms with Crippen LogP contribution >= 0.6 is 0 Å². The van der Waals surface area contributed by atoms with Crippen LogP contribution in [0.25, 0.3) is 0 Å². The smallest absolute Gasteiger partial charge is 0.271 e. The lowest BCUT2D eigenvalue weighted by atomic mass is 9.95. The highest BCUT2D eigenvalue weighted by atomic mass is 16.1. The topological polar surface area (TPSA) is 61.4 Å². The predicted molar refractivity (Wildman–Crippen MR) is 86.1 cm³/mol. The number of rotatable bonds is 3. The highest BCUT2D eigenvalue weighted by molar-refractivity contribution is 5.92. The van der Waals surface area contributed by atoms with E-state index in [2.05, 4.69) is 32.1 Å². The average molecular weight is 303 g/mol. The average Bonchev–Trinajstić information content (AvgIpc) is 2.57. The zero-order valence-electron chi connectivity index (χ0n) is 13.3. The van der Waals surface area contributed by atoms with Crippen molar-refractivity contribution in [1.29, 1.82) is 0 Å². The number of amides is 1. The number of hydrogen-bond donors (Lipinski definition) is 1. The first kappa shape index (κ1) is 15.2. The summed E-state index contributed by atoms with van der Waals surface area (Å²) in [6, 6.07) is 0.306. The molecule has 3 rings (SSSR count). The molecule has 1 aliphatic heterocycles. The number of hydrogen-bond acceptors (Lipinski definition) is 5. The number of nitrogens with one attached hydrogen (secondary N) is 1. The largest absolute Gasteiger partial charge is 0.353 e. The van der Waals surface area contributed by atoms with E-state index in [0.717, 1.165) is 44.8 Å². The van der Waals surface area contributed by atoms with Gasteiger partial charge in [-0.25, -0.2) is 9.97 Å². The van der Waals surface area contributed by atoms with E-state index in [1.807, 2.05) is 0 Å². The second-order valence-corrected chi connectivity index (χ2v) is 6.36. The lowest BCUT2D eigenvalue weighted by molar-refractivity contribution is 0.0922. The molecule has 0 aromatic carbocycles. The molecule has 1 aromatic heterocycles. The molecule has 2 heterocycles. The molecule has 0 spiro atoms. The quantitative estimate of drug-likeness (QED) is 0.912. The van der Waals surface area contributed by atoms with Crippen LogP contribution in [0.3, 0.4) is 0 Å². The third-order valence-electron chi connectivity index (χ3n) is 4.64. The molecule has 6 heteroatoms. The van der Waals surface area contributed by atoms with Gasteiger partial charge in [-0.15, -0.1) is 0 Å². The van der Waals surface area contributed by atoms with Gasteiger partial charge >= 0.3 is 0 Å². The maximum absolute atomic E-state index is 12.2. The first-order valence-electron chi connectivity index (χ1n) is 8.29. The summed E-state index contributed by atoms with van der Waals surface area (Å²) in [7, 11) is 2.13. The fourth-order valence-electron chi connectivity index (χ4n) is 3.14. The van der Waals surface area contributed by atoms with Gasteiger partial charge in [0.25, 0.3) is 5.91 Å². The molecule has 1 aliphatic carbocycles. The first-order valence-corrected chi connectivity index (χ1v) is 8.29. The van der Waals surface area contributed by atoms with Gasteiger partial charge in [0.2, 0.25) is 0 Å². The van der Waals surface area contributed by atoms with Crippen molar-refractivity contribution < 1.29 is 4.79 Å². The van der Waals surface area contributed by atoms with Crippen molar-refractivity contribution in [3.05, 3.63) is 18.1 Å². The fraction of sp³-hybridized carbons (Fsp3) is 0.688. The summed E-state index contributed by atoms with van der Waals surface area (Å²) in [6.45, 7) is 3.98. The monoisotopic (exact) mass is 303 g/mol. The normalized spacial score (nSPS) is 20.9. The van der Waals surface area contributed by atoms with Crippen LogP contribution in [-0.2, 0) is 0 Å². The molecule has 2 fully saturated rings. The molecule has 0 bridgehead atoms. The maximum Gasteiger partial charge on any atom is 0.271 e. The molecule has 1 aromatic rings. The van der Waals surface area contributed by atoms with Gasteiger partial charge in [0, 0.05) is 32.2 Å². The van der Waals surface area contributed by atoms with Crippen LogP contribution in [-0.4, -0.2) is 60.0 Å². The van der Waals surface area contributed by atoms with E-state index in [1.54, 1.807) is 12.4 Å². The third kappa shape index (κ3) is 3.74. The minimum absolute atomic E-state index is 0.0932. The Morgan fingerprint density at radius 2 is 1.82 bits per heavy atom. The number of carbonyl (C=O) groups is 1. The number of aromatic nitrogens is 2. The molecule has 6 nitrogen and oxygen atoms in total. The molecule has 0 atom stereocenters. The Labute approximate surface area is 131 Å². The SMILES string of the molecule is CN1CCN(c2cnc(C(=O)NC3CCCCC3)cn2)CC1. The van der Waals surface area contributed by atoms with E-state index < -0.39 is 0 Å². The minimum Gasteiger partial charge on any atom is -0.353 e. The summed E-state index contributed by atoms with van der Waals surface area (Å²) < 4.78 is 0. The summed E-state index contributed by atoms with van der Waals surface area (Å²) in [6.07, 6.45) is 9.19. The van der Waals surface area contributed by atoms with Crippen LogP contribution in [0.15, 0.2) is 12.4 Å². The van der Waals surface area contributed by atoms with E-state index in [-0.39, 0.29) is 5.91 Å². The van der Waals surface area contributed by atoms with Crippen LogP contribution in [0.4, 0.5) is 5.82 Å². The summed E-state index contributed by atoms with van der Waals surface area (Å²) in [5.41, 5.74) is 0.420. The molecule has 1 N–H and O–H groups in total. The van der Waals surface area contributed by atoms with E-state index >= 15 is 0 Å². The van der Waals surface area contributed by atoms with E-state index in [0.29, 0.717) is 11.7 Å². The highest BCUT2D eigenvalue weighted by Gasteiger charge is 2.19. The van der Waals surface area contributed by atoms with Crippen molar-refractivity contribution in [2.45, 2.75) is 38.1 Å². The summed E-state index contributed by atoms with van der Waals surface area (Å²) >= 11 is 0. The van der Waals surface area contributed by atoms with Gasteiger partial charge < -0.3 is 15.1 Å². The van der Waals surface area contributed by atoms with Gasteiger partial charge in [-0.2, -0.15) is 0 Å². The van der Waals surface area contributed by atoms with E-state index in [9.17, 15) is 4.79 Å². The first-order chi connectivity index (χ1) is 10.7. The number of anilines is 1. The second-order valence-electron chi connectivity index (χ2n) is 6.36. The van der Waals surface area contributed by atoms with Crippen molar-refractivity contribution in [3.8, 4) is 0 Å². The molecule has 1 saturated heterocycles. The molecular weight excluding hydrogens is 278 g/mol. The van der Waals surface area contributed by atoms with Crippen LogP contribution in [0, 0.1) is 0 Å². The number of carbonyl (C=O) groups excluding carboxylic acids is 1. The van der Waals surface area contributed by atoms with Crippen molar-refractivity contribution in [3.63, 3.8) is 0 Å². The lowest BCUT2D eigenvalue weighted by Crippen LogP contribution is -2.45. The van der Waals surface area contributed by atoms with Gasteiger partial charge in [-0.3, -0.25) is 4.79 Å². The lowest BCUT2D eigenvalue weighted by Gasteiger charge is -2.32. The summed E-state index contributed by atoms with van der Waals surface area (Å²) in [5.74, 6) is 0.770. The van der Waals surface area contributed by atoms with Gasteiger partial charge in [0.1, 0.15) is 11.5 Å². The Balaban J connectivity index is 1.57. The van der Waals surface area contributed by atoms with Crippen molar-refractivity contribution in [1.82, 2.24) is 20.2 Å². The Bertz CT molecular complexity index is 490. The molecule has 120 valence electrons. The third-order valence-corrected chi connectivity index (χ3v) is 4.64. The number of piperazine rings is 1.